The predicted octanol–water partition coefficient (Wildman–Crippen LogP) is 7.12. The van der Waals surface area contributed by atoms with Crippen LogP contribution in [0.15, 0.2) is 81.7 Å². The maximum atomic E-state index is 14.1. The molecule has 0 bridgehead atoms. The fraction of sp³-hybridized carbons (Fsp3) is 0.242. The maximum Gasteiger partial charge on any atom is 0.338 e. The Labute approximate surface area is 273 Å². The Bertz CT molecular complexity index is 1920. The molecule has 5 rings (SSSR count). The topological polar surface area (TPSA) is 79.1 Å². The number of halogens is 3. The molecule has 0 amide bonds. The van der Waals surface area contributed by atoms with Crippen molar-refractivity contribution in [3.8, 4) is 11.5 Å². The first-order valence-corrected chi connectivity index (χ1v) is 15.8. The minimum atomic E-state index is -0.810. The van der Waals surface area contributed by atoms with Crippen LogP contribution in [0.4, 0.5) is 0 Å². The van der Waals surface area contributed by atoms with Crippen LogP contribution in [0.2, 0.25) is 15.1 Å². The minimum Gasteiger partial charge on any atom is -0.491 e. The van der Waals surface area contributed by atoms with E-state index >= 15 is 0 Å². The molecule has 11 heteroatoms. The summed E-state index contributed by atoms with van der Waals surface area (Å²) in [5.74, 6) is 0.325. The zero-order chi connectivity index (χ0) is 31.5. The smallest absolute Gasteiger partial charge is 0.338 e. The molecular weight excluding hydrogens is 643 g/mol. The van der Waals surface area contributed by atoms with Crippen LogP contribution in [-0.2, 0) is 16.1 Å². The van der Waals surface area contributed by atoms with E-state index in [2.05, 4.69) is 4.99 Å². The molecule has 0 saturated heterocycles. The van der Waals surface area contributed by atoms with E-state index in [0.717, 1.165) is 5.56 Å². The highest BCUT2D eigenvalue weighted by atomic mass is 35.5. The standard InChI is InChI=1S/C33H29Cl3N2O5S/c1-5-41-32(40)28-19(4)37-33-38(29(28)22-11-7-9-13-26(22)43-18(2)3)31(39)27(44-33)16-20-14-24(35)30(25(36)15-20)42-17-21-10-6-8-12-23(21)34/h6-16,18,29H,5,17H2,1-4H3/b27-16+/t29-/m0/s1. The average molecular weight is 672 g/mol. The van der Waals surface area contributed by atoms with E-state index in [0.29, 0.717) is 42.7 Å². The number of para-hydroxylation sites is 1. The zero-order valence-electron chi connectivity index (χ0n) is 24.4. The highest BCUT2D eigenvalue weighted by Crippen LogP contribution is 2.37. The Morgan fingerprint density at radius 1 is 1.05 bits per heavy atom. The number of rotatable bonds is 9. The Kier molecular flexibility index (Phi) is 9.85. The minimum absolute atomic E-state index is 0.130. The van der Waals surface area contributed by atoms with E-state index in [1.54, 1.807) is 38.1 Å². The van der Waals surface area contributed by atoms with Crippen molar-refractivity contribution in [2.75, 3.05) is 6.61 Å². The first kappa shape index (κ1) is 31.9. The molecule has 0 unspecified atom stereocenters. The van der Waals surface area contributed by atoms with E-state index in [9.17, 15) is 9.59 Å². The first-order chi connectivity index (χ1) is 21.1. The lowest BCUT2D eigenvalue weighted by molar-refractivity contribution is -0.139. The molecule has 44 heavy (non-hydrogen) atoms. The summed E-state index contributed by atoms with van der Waals surface area (Å²) in [6, 6.07) is 17.2. The molecule has 1 aliphatic heterocycles. The number of nitrogens with zero attached hydrogens (tertiary/aromatic N) is 2. The van der Waals surface area contributed by atoms with Gasteiger partial charge in [-0.2, -0.15) is 0 Å². The summed E-state index contributed by atoms with van der Waals surface area (Å²) < 4.78 is 19.3. The van der Waals surface area contributed by atoms with Crippen LogP contribution in [0.25, 0.3) is 6.08 Å². The molecule has 228 valence electrons. The summed E-state index contributed by atoms with van der Waals surface area (Å²) in [5.41, 5.74) is 2.44. The van der Waals surface area contributed by atoms with Crippen LogP contribution >= 0.6 is 46.1 Å². The summed E-state index contributed by atoms with van der Waals surface area (Å²) in [6.45, 7) is 7.66. The Balaban J connectivity index is 1.59. The maximum absolute atomic E-state index is 14.1. The van der Waals surface area contributed by atoms with Crippen LogP contribution in [0.1, 0.15) is 50.4 Å². The van der Waals surface area contributed by atoms with E-state index < -0.39 is 12.0 Å². The van der Waals surface area contributed by atoms with Gasteiger partial charge in [-0.3, -0.25) is 9.36 Å². The van der Waals surface area contributed by atoms with E-state index in [4.69, 9.17) is 49.0 Å². The molecule has 1 aliphatic rings. The van der Waals surface area contributed by atoms with Gasteiger partial charge in [0.15, 0.2) is 10.6 Å². The number of hydrogen-bond acceptors (Lipinski definition) is 7. The van der Waals surface area contributed by atoms with E-state index in [-0.39, 0.29) is 40.5 Å². The number of ether oxygens (including phenoxy) is 3. The Morgan fingerprint density at radius 2 is 1.73 bits per heavy atom. The summed E-state index contributed by atoms with van der Waals surface area (Å²) in [5, 5.41) is 1.13. The highest BCUT2D eigenvalue weighted by Gasteiger charge is 2.35. The van der Waals surface area contributed by atoms with Crippen molar-refractivity contribution < 1.29 is 19.0 Å². The lowest BCUT2D eigenvalue weighted by Crippen LogP contribution is -2.40. The highest BCUT2D eigenvalue weighted by molar-refractivity contribution is 7.07. The molecule has 0 radical (unpaired) electrons. The molecule has 1 aromatic heterocycles. The van der Waals surface area contributed by atoms with Crippen molar-refractivity contribution in [1.29, 1.82) is 0 Å². The van der Waals surface area contributed by atoms with Crippen molar-refractivity contribution in [2.24, 2.45) is 4.99 Å². The Morgan fingerprint density at radius 3 is 2.41 bits per heavy atom. The lowest BCUT2D eigenvalue weighted by atomic mass is 9.95. The predicted molar refractivity (Wildman–Crippen MR) is 175 cm³/mol. The second-order valence-electron chi connectivity index (χ2n) is 10.2. The van der Waals surface area contributed by atoms with Gasteiger partial charge in [0.05, 0.1) is 38.6 Å². The third-order valence-electron chi connectivity index (χ3n) is 6.74. The average Bonchev–Trinajstić information content (AvgIpc) is 3.26. The van der Waals surface area contributed by atoms with E-state index in [1.165, 1.54) is 15.9 Å². The number of carbonyl (C=O) groups excluding carboxylic acids is 1. The fourth-order valence-electron chi connectivity index (χ4n) is 4.87. The molecule has 3 aromatic carbocycles. The summed E-state index contributed by atoms with van der Waals surface area (Å²) in [7, 11) is 0. The van der Waals surface area contributed by atoms with Crippen molar-refractivity contribution >= 4 is 58.2 Å². The van der Waals surface area contributed by atoms with Crippen molar-refractivity contribution in [3.63, 3.8) is 0 Å². The van der Waals surface area contributed by atoms with Gasteiger partial charge in [0.1, 0.15) is 18.4 Å². The molecule has 4 aromatic rings. The molecule has 7 nitrogen and oxygen atoms in total. The van der Waals surface area contributed by atoms with Crippen LogP contribution < -0.4 is 24.4 Å². The van der Waals surface area contributed by atoms with Gasteiger partial charge < -0.3 is 14.2 Å². The first-order valence-electron chi connectivity index (χ1n) is 13.9. The lowest BCUT2D eigenvalue weighted by Gasteiger charge is -2.26. The molecule has 2 heterocycles. The quantitative estimate of drug-likeness (QED) is 0.177. The number of fused-ring (bicyclic) bond motifs is 1. The van der Waals surface area contributed by atoms with E-state index in [1.807, 2.05) is 56.3 Å². The normalized spacial score (nSPS) is 14.8. The monoisotopic (exact) mass is 670 g/mol. The van der Waals surface area contributed by atoms with Gasteiger partial charge in [0.2, 0.25) is 0 Å². The van der Waals surface area contributed by atoms with Gasteiger partial charge in [0, 0.05) is 16.1 Å². The fourth-order valence-corrected chi connectivity index (χ4v) is 6.72. The molecular formula is C33H29Cl3N2O5S. The van der Waals surface area contributed by atoms with Crippen LogP contribution in [-0.4, -0.2) is 23.2 Å². The number of esters is 1. The SMILES string of the molecule is CCOC(=O)C1=C(C)N=c2s/c(=C/c3cc(Cl)c(OCc4ccccc4Cl)c(Cl)c3)c(=O)n2[C@H]1c1ccccc1OC(C)C. The van der Waals surface area contributed by atoms with Crippen molar-refractivity contribution in [1.82, 2.24) is 4.57 Å². The number of hydrogen-bond donors (Lipinski definition) is 0. The number of benzene rings is 3. The number of allylic oxidation sites excluding steroid dienone is 1. The van der Waals surface area contributed by atoms with Gasteiger partial charge in [-0.05, 0) is 63.6 Å². The van der Waals surface area contributed by atoms with Gasteiger partial charge >= 0.3 is 5.97 Å². The van der Waals surface area contributed by atoms with Gasteiger partial charge in [-0.15, -0.1) is 0 Å². The molecule has 0 aliphatic carbocycles. The van der Waals surface area contributed by atoms with Crippen LogP contribution in [0.3, 0.4) is 0 Å². The number of thiazole rings is 1. The van der Waals surface area contributed by atoms with Crippen LogP contribution in [0, 0.1) is 0 Å². The molecule has 0 spiro atoms. The molecule has 0 fully saturated rings. The largest absolute Gasteiger partial charge is 0.491 e. The summed E-state index contributed by atoms with van der Waals surface area (Å²) >= 11 is 20.6. The summed E-state index contributed by atoms with van der Waals surface area (Å²) in [6.07, 6.45) is 1.56. The Hall–Kier alpha value is -3.56. The van der Waals surface area contributed by atoms with Crippen molar-refractivity contribution in [2.45, 2.75) is 46.4 Å². The molecule has 0 N–H and O–H groups in total. The number of aromatic nitrogens is 1. The molecule has 1 atom stereocenters. The summed E-state index contributed by atoms with van der Waals surface area (Å²) in [4.78, 5) is 32.4. The van der Waals surface area contributed by atoms with Gasteiger partial charge in [-0.1, -0.05) is 82.5 Å². The third kappa shape index (κ3) is 6.59. The van der Waals surface area contributed by atoms with Gasteiger partial charge in [-0.25, -0.2) is 9.79 Å². The zero-order valence-corrected chi connectivity index (χ0v) is 27.5. The van der Waals surface area contributed by atoms with Crippen LogP contribution in [0.5, 0.6) is 11.5 Å². The second-order valence-corrected chi connectivity index (χ2v) is 12.4. The van der Waals surface area contributed by atoms with Gasteiger partial charge in [0.25, 0.3) is 5.56 Å². The number of carbonyl (C=O) groups is 1. The van der Waals surface area contributed by atoms with Crippen molar-refractivity contribution in [3.05, 3.63) is 123 Å². The second kappa shape index (κ2) is 13.6. The molecule has 0 saturated carbocycles. The third-order valence-corrected chi connectivity index (χ3v) is 8.65.